The Bertz CT molecular complexity index is 3760. The zero-order valence-corrected chi connectivity index (χ0v) is 39.0. The molecule has 1 unspecified atom stereocenters. The summed E-state index contributed by atoms with van der Waals surface area (Å²) in [5.74, 6) is 0. The number of nitrogens with zero attached hydrogens (tertiary/aromatic N) is 1. The Kier molecular flexibility index (Phi) is 9.35. The molecule has 0 fully saturated rings. The monoisotopic (exact) mass is 893 g/mol. The van der Waals surface area contributed by atoms with Crippen molar-refractivity contribution in [1.29, 1.82) is 0 Å². The standard InChI is InChI=1S/C62H43NS2Si/c1-2-41-23-25-42(26-24-41)43-27-33-48(34-28-43)66(49-35-31-47(32-36-49)63-55-19-8-6-15-51(55)52-16-7-9-20-56(52)63)60-22-11-10-21-57(60)64-59-40-46(30-38-61(59)66)45-29-37-53-54-18-12-17-50(44-13-4-3-5-14-44)62(54)65-58(53)39-45/h3-40H,2H2,1H3. The molecule has 4 heteroatoms. The summed E-state index contributed by atoms with van der Waals surface area (Å²) in [5.41, 5.74) is 12.5. The van der Waals surface area contributed by atoms with E-state index in [1.165, 1.54) is 117 Å². The Balaban J connectivity index is 0.988. The molecule has 66 heavy (non-hydrogen) atoms. The average molecular weight is 894 g/mol. The Morgan fingerprint density at radius 2 is 0.985 bits per heavy atom. The molecule has 2 aromatic heterocycles. The molecule has 0 N–H and O–H groups in total. The van der Waals surface area contributed by atoms with E-state index < -0.39 is 8.07 Å². The lowest BCUT2D eigenvalue weighted by molar-refractivity contribution is 1.14. The summed E-state index contributed by atoms with van der Waals surface area (Å²) < 4.78 is 5.10. The molecular weight excluding hydrogens is 851 g/mol. The van der Waals surface area contributed by atoms with Crippen LogP contribution >= 0.6 is 23.1 Å². The normalized spacial score (nSPS) is 14.5. The van der Waals surface area contributed by atoms with Crippen molar-refractivity contribution in [3.05, 3.63) is 236 Å². The molecule has 0 spiro atoms. The van der Waals surface area contributed by atoms with Crippen molar-refractivity contribution < 1.29 is 0 Å². The minimum Gasteiger partial charge on any atom is -0.309 e. The van der Waals surface area contributed by atoms with E-state index in [-0.39, 0.29) is 0 Å². The quantitative estimate of drug-likeness (QED) is 0.144. The third-order valence-electron chi connectivity index (χ3n) is 14.0. The number of benzene rings is 10. The summed E-state index contributed by atoms with van der Waals surface area (Å²) in [6.07, 6.45) is 1.04. The van der Waals surface area contributed by atoms with Crippen LogP contribution in [0.3, 0.4) is 0 Å². The summed E-state index contributed by atoms with van der Waals surface area (Å²) >= 11 is 3.84. The van der Waals surface area contributed by atoms with E-state index in [1.54, 1.807) is 0 Å². The van der Waals surface area contributed by atoms with Gasteiger partial charge in [0.1, 0.15) is 0 Å². The Labute approximate surface area is 394 Å². The molecule has 0 saturated carbocycles. The van der Waals surface area contributed by atoms with Gasteiger partial charge in [0.05, 0.1) is 11.0 Å². The summed E-state index contributed by atoms with van der Waals surface area (Å²) in [6.45, 7) is 2.22. The Hall–Kier alpha value is -7.21. The van der Waals surface area contributed by atoms with Crippen LogP contribution in [0.4, 0.5) is 0 Å². The molecular formula is C62H43NS2Si. The molecule has 10 aromatic carbocycles. The lowest BCUT2D eigenvalue weighted by Gasteiger charge is -2.40. The average Bonchev–Trinajstić information content (AvgIpc) is 3.94. The van der Waals surface area contributed by atoms with Crippen LogP contribution in [0.25, 0.3) is 81.0 Å². The van der Waals surface area contributed by atoms with Gasteiger partial charge in [0.2, 0.25) is 0 Å². The lowest BCUT2D eigenvalue weighted by Crippen LogP contribution is -2.76. The smallest absolute Gasteiger partial charge is 0.181 e. The predicted molar refractivity (Wildman–Crippen MR) is 287 cm³/mol. The first-order valence-electron chi connectivity index (χ1n) is 22.9. The van der Waals surface area contributed by atoms with Crippen LogP contribution in [0.2, 0.25) is 0 Å². The number of fused-ring (bicyclic) bond motifs is 8. The molecule has 0 saturated heterocycles. The van der Waals surface area contributed by atoms with Crippen LogP contribution in [-0.2, 0) is 6.42 Å². The van der Waals surface area contributed by atoms with E-state index in [2.05, 4.69) is 242 Å². The van der Waals surface area contributed by atoms with Gasteiger partial charge in [0, 0.05) is 46.4 Å². The molecule has 1 aliphatic rings. The van der Waals surface area contributed by atoms with Crippen LogP contribution in [0.1, 0.15) is 12.5 Å². The van der Waals surface area contributed by atoms with Gasteiger partial charge >= 0.3 is 0 Å². The zero-order valence-electron chi connectivity index (χ0n) is 36.4. The van der Waals surface area contributed by atoms with Crippen LogP contribution in [0, 0.1) is 0 Å². The highest BCUT2D eigenvalue weighted by Gasteiger charge is 2.47. The SMILES string of the molecule is CCc1ccc(-c2ccc([Si]3(c4ccc(-n5c6ccccc6c6ccccc65)cc4)c4ccccc4Sc4cc(-c5ccc6c(c5)sc5c(-c7ccccc7)cccc56)ccc43)cc2)cc1. The molecule has 312 valence electrons. The number of rotatable bonds is 7. The topological polar surface area (TPSA) is 4.93 Å². The molecule has 0 amide bonds. The van der Waals surface area contributed by atoms with Crippen LogP contribution in [-0.4, -0.2) is 12.6 Å². The van der Waals surface area contributed by atoms with Crippen molar-refractivity contribution in [3.8, 4) is 39.1 Å². The fourth-order valence-electron chi connectivity index (χ4n) is 10.7. The van der Waals surface area contributed by atoms with Gasteiger partial charge in [0.25, 0.3) is 0 Å². The van der Waals surface area contributed by atoms with Crippen molar-refractivity contribution in [1.82, 2.24) is 4.57 Å². The molecule has 0 bridgehead atoms. The molecule has 12 aromatic rings. The van der Waals surface area contributed by atoms with Gasteiger partial charge < -0.3 is 4.57 Å². The highest BCUT2D eigenvalue weighted by atomic mass is 32.2. The fourth-order valence-corrected chi connectivity index (χ4v) is 18.9. The van der Waals surface area contributed by atoms with E-state index in [1.807, 2.05) is 23.1 Å². The van der Waals surface area contributed by atoms with Crippen LogP contribution < -0.4 is 20.7 Å². The van der Waals surface area contributed by atoms with Crippen LogP contribution in [0.15, 0.2) is 240 Å². The maximum Gasteiger partial charge on any atom is 0.181 e. The second kappa shape index (κ2) is 15.7. The first-order chi connectivity index (χ1) is 32.7. The molecule has 1 aliphatic heterocycles. The summed E-state index contributed by atoms with van der Waals surface area (Å²) in [4.78, 5) is 2.68. The van der Waals surface area contributed by atoms with Crippen molar-refractivity contribution >= 4 is 93.9 Å². The maximum atomic E-state index is 2.49. The molecule has 3 heterocycles. The number of thiophene rings is 1. The third kappa shape index (κ3) is 6.13. The second-order valence-electron chi connectivity index (χ2n) is 17.5. The van der Waals surface area contributed by atoms with Gasteiger partial charge in [-0.1, -0.05) is 207 Å². The first kappa shape index (κ1) is 39.2. The Morgan fingerprint density at radius 1 is 0.409 bits per heavy atom. The van der Waals surface area contributed by atoms with Gasteiger partial charge in [-0.25, -0.2) is 0 Å². The summed E-state index contributed by atoms with van der Waals surface area (Å²) in [7, 11) is -2.89. The van der Waals surface area contributed by atoms with Crippen LogP contribution in [0.5, 0.6) is 0 Å². The third-order valence-corrected chi connectivity index (χ3v) is 21.5. The van der Waals surface area contributed by atoms with Crippen molar-refractivity contribution in [2.24, 2.45) is 0 Å². The number of para-hydroxylation sites is 2. The van der Waals surface area contributed by atoms with Crippen molar-refractivity contribution in [3.63, 3.8) is 0 Å². The maximum absolute atomic E-state index is 2.89. The molecule has 1 atom stereocenters. The lowest BCUT2D eigenvalue weighted by atomic mass is 10.0. The van der Waals surface area contributed by atoms with Gasteiger partial charge in [-0.15, -0.1) is 11.3 Å². The van der Waals surface area contributed by atoms with Gasteiger partial charge in [-0.3, -0.25) is 0 Å². The number of hydrogen-bond donors (Lipinski definition) is 0. The molecule has 13 rings (SSSR count). The highest BCUT2D eigenvalue weighted by molar-refractivity contribution is 8.00. The molecule has 0 radical (unpaired) electrons. The summed E-state index contributed by atoms with van der Waals surface area (Å²) in [5, 5.41) is 10.9. The first-order valence-corrected chi connectivity index (χ1v) is 26.5. The molecule has 1 nitrogen and oxygen atoms in total. The Morgan fingerprint density at radius 3 is 1.71 bits per heavy atom. The van der Waals surface area contributed by atoms with E-state index in [4.69, 9.17) is 0 Å². The molecule has 0 aliphatic carbocycles. The predicted octanol–water partition coefficient (Wildman–Crippen LogP) is 14.6. The van der Waals surface area contributed by atoms with Gasteiger partial charge in [-0.2, -0.15) is 0 Å². The summed E-state index contributed by atoms with van der Waals surface area (Å²) in [6, 6.07) is 87.2. The van der Waals surface area contributed by atoms with Gasteiger partial charge in [0.15, 0.2) is 8.07 Å². The highest BCUT2D eigenvalue weighted by Crippen LogP contribution is 2.42. The largest absolute Gasteiger partial charge is 0.309 e. The van der Waals surface area contributed by atoms with Crippen molar-refractivity contribution in [2.75, 3.05) is 0 Å². The number of aromatic nitrogens is 1. The van der Waals surface area contributed by atoms with Gasteiger partial charge in [-0.05, 0) is 109 Å². The fraction of sp³-hybridized carbons (Fsp3) is 0.0323. The minimum absolute atomic E-state index is 1.04. The van der Waals surface area contributed by atoms with E-state index in [9.17, 15) is 0 Å². The second-order valence-corrected chi connectivity index (χ2v) is 23.3. The number of aryl methyl sites for hydroxylation is 1. The number of hydrogen-bond acceptors (Lipinski definition) is 2. The van der Waals surface area contributed by atoms with Crippen molar-refractivity contribution in [2.45, 2.75) is 23.1 Å². The van der Waals surface area contributed by atoms with E-state index in [0.29, 0.717) is 0 Å². The van der Waals surface area contributed by atoms with E-state index in [0.717, 1.165) is 6.42 Å². The van der Waals surface area contributed by atoms with E-state index >= 15 is 0 Å². The zero-order chi connectivity index (χ0) is 43.8. The minimum atomic E-state index is -2.89.